The van der Waals surface area contributed by atoms with Crippen LogP contribution in [0.4, 0.5) is 5.69 Å². The highest BCUT2D eigenvalue weighted by Crippen LogP contribution is 2.28. The lowest BCUT2D eigenvalue weighted by Gasteiger charge is -2.06. The van der Waals surface area contributed by atoms with Crippen molar-refractivity contribution in [2.24, 2.45) is 0 Å². The van der Waals surface area contributed by atoms with E-state index in [4.69, 9.17) is 21.3 Å². The molecule has 18 heavy (non-hydrogen) atoms. The number of hydrogen-bond acceptors (Lipinski definition) is 3. The molecule has 1 aromatic carbocycles. The molecule has 0 bridgehead atoms. The van der Waals surface area contributed by atoms with Gasteiger partial charge < -0.3 is 9.73 Å². The van der Waals surface area contributed by atoms with Crippen molar-refractivity contribution in [3.05, 3.63) is 49.8 Å². The predicted molar refractivity (Wildman–Crippen MR) is 77.6 cm³/mol. The second-order valence-electron chi connectivity index (χ2n) is 3.49. The van der Waals surface area contributed by atoms with E-state index in [9.17, 15) is 0 Å². The lowest BCUT2D eigenvalue weighted by atomic mass is 10.2. The molecule has 0 aliphatic heterocycles. The molecule has 0 amide bonds. The summed E-state index contributed by atoms with van der Waals surface area (Å²) in [6.07, 6.45) is 0. The molecule has 0 atom stereocenters. The van der Waals surface area contributed by atoms with Crippen LogP contribution in [0.25, 0.3) is 0 Å². The van der Waals surface area contributed by atoms with E-state index in [0.717, 1.165) is 15.9 Å². The summed E-state index contributed by atoms with van der Waals surface area (Å²) in [4.78, 5) is 0. The Morgan fingerprint density at radius 1 is 1.33 bits per heavy atom. The summed E-state index contributed by atoms with van der Waals surface area (Å²) in [5, 5.41) is 12.4. The van der Waals surface area contributed by atoms with Crippen LogP contribution < -0.4 is 5.32 Å². The van der Waals surface area contributed by atoms with Gasteiger partial charge in [0.2, 0.25) is 0 Å². The van der Waals surface area contributed by atoms with Crippen LogP contribution in [0.15, 0.2) is 37.8 Å². The Morgan fingerprint density at radius 2 is 2.11 bits per heavy atom. The molecule has 1 aromatic heterocycles. The zero-order chi connectivity index (χ0) is 13.1. The minimum absolute atomic E-state index is 0.510. The SMILES string of the molecule is N#Cc1ccc(NCc2cc(Br)c(Br)o2)c(Cl)c1. The average molecular weight is 390 g/mol. The van der Waals surface area contributed by atoms with E-state index in [1.54, 1.807) is 18.2 Å². The van der Waals surface area contributed by atoms with E-state index >= 15 is 0 Å². The predicted octanol–water partition coefficient (Wildman–Crippen LogP) is 4.94. The molecule has 0 aliphatic rings. The molecule has 0 aliphatic carbocycles. The summed E-state index contributed by atoms with van der Waals surface area (Å²) >= 11 is 12.7. The summed E-state index contributed by atoms with van der Waals surface area (Å²) in [7, 11) is 0. The Balaban J connectivity index is 2.09. The van der Waals surface area contributed by atoms with Crippen molar-refractivity contribution in [3.63, 3.8) is 0 Å². The van der Waals surface area contributed by atoms with Crippen molar-refractivity contribution in [2.45, 2.75) is 6.54 Å². The second-order valence-corrected chi connectivity index (χ2v) is 5.48. The van der Waals surface area contributed by atoms with Crippen molar-refractivity contribution in [1.82, 2.24) is 0 Å². The van der Waals surface area contributed by atoms with Crippen LogP contribution in [0.5, 0.6) is 0 Å². The molecule has 2 aromatic rings. The van der Waals surface area contributed by atoms with Gasteiger partial charge in [-0.1, -0.05) is 11.6 Å². The van der Waals surface area contributed by atoms with Crippen LogP contribution >= 0.6 is 43.5 Å². The molecule has 0 unspecified atom stereocenters. The molecular formula is C12H7Br2ClN2O. The third-order valence-corrected chi connectivity index (χ3v) is 4.27. The zero-order valence-electron chi connectivity index (χ0n) is 9.01. The average Bonchev–Trinajstić information content (AvgIpc) is 2.67. The van der Waals surface area contributed by atoms with Crippen LogP contribution in [0.3, 0.4) is 0 Å². The fourth-order valence-electron chi connectivity index (χ4n) is 1.39. The van der Waals surface area contributed by atoms with Crippen molar-refractivity contribution < 1.29 is 4.42 Å². The number of nitrogens with zero attached hydrogens (tertiary/aromatic N) is 1. The molecule has 0 saturated carbocycles. The highest BCUT2D eigenvalue weighted by Gasteiger charge is 2.07. The molecule has 3 nitrogen and oxygen atoms in total. The first-order valence-corrected chi connectivity index (χ1v) is 6.94. The zero-order valence-corrected chi connectivity index (χ0v) is 12.9. The molecule has 0 radical (unpaired) electrons. The van der Waals surface area contributed by atoms with Crippen LogP contribution in [-0.4, -0.2) is 0 Å². The number of nitriles is 1. The molecule has 2 rings (SSSR count). The summed E-state index contributed by atoms with van der Waals surface area (Å²) in [6.45, 7) is 0.510. The second kappa shape index (κ2) is 5.79. The maximum absolute atomic E-state index is 8.74. The molecule has 92 valence electrons. The first kappa shape index (κ1) is 13.5. The largest absolute Gasteiger partial charge is 0.451 e. The van der Waals surface area contributed by atoms with Crippen LogP contribution in [0, 0.1) is 11.3 Å². The number of rotatable bonds is 3. The van der Waals surface area contributed by atoms with Gasteiger partial charge in [0.15, 0.2) is 4.67 Å². The lowest BCUT2D eigenvalue weighted by molar-refractivity contribution is 0.494. The summed E-state index contributed by atoms with van der Waals surface area (Å²) < 4.78 is 6.96. The van der Waals surface area contributed by atoms with Gasteiger partial charge in [-0.05, 0) is 56.1 Å². The van der Waals surface area contributed by atoms with Crippen LogP contribution in [0.2, 0.25) is 5.02 Å². The topological polar surface area (TPSA) is 49.0 Å². The first-order chi connectivity index (χ1) is 8.60. The Morgan fingerprint density at radius 3 is 2.67 bits per heavy atom. The van der Waals surface area contributed by atoms with Gasteiger partial charge >= 0.3 is 0 Å². The minimum atomic E-state index is 0.510. The number of hydrogen-bond donors (Lipinski definition) is 1. The fourth-order valence-corrected chi connectivity index (χ4v) is 2.29. The number of anilines is 1. The maximum Gasteiger partial charge on any atom is 0.183 e. The highest BCUT2D eigenvalue weighted by atomic mass is 79.9. The number of halogens is 3. The third kappa shape index (κ3) is 3.08. The van der Waals surface area contributed by atoms with Gasteiger partial charge in [-0.2, -0.15) is 5.26 Å². The van der Waals surface area contributed by atoms with Gasteiger partial charge in [-0.25, -0.2) is 0 Å². The standard InChI is InChI=1S/C12H7Br2ClN2O/c13-9-4-8(18-12(9)14)6-17-11-2-1-7(5-16)3-10(11)15/h1-4,17H,6H2. The summed E-state index contributed by atoms with van der Waals surface area (Å²) in [6, 6.07) is 9.01. The highest BCUT2D eigenvalue weighted by molar-refractivity contribution is 9.13. The maximum atomic E-state index is 8.74. The Labute approximate surface area is 126 Å². The van der Waals surface area contributed by atoms with Crippen molar-refractivity contribution in [3.8, 4) is 6.07 Å². The fraction of sp³-hybridized carbons (Fsp3) is 0.0833. The first-order valence-electron chi connectivity index (χ1n) is 4.97. The van der Waals surface area contributed by atoms with Gasteiger partial charge in [0, 0.05) is 0 Å². The molecular weight excluding hydrogens is 383 g/mol. The van der Waals surface area contributed by atoms with Crippen molar-refractivity contribution >= 4 is 49.1 Å². The number of benzene rings is 1. The number of nitrogens with one attached hydrogen (secondary N) is 1. The van der Waals surface area contributed by atoms with E-state index in [1.165, 1.54) is 0 Å². The van der Waals surface area contributed by atoms with Gasteiger partial charge in [-0.15, -0.1) is 0 Å². The van der Waals surface area contributed by atoms with E-state index in [1.807, 2.05) is 12.1 Å². The lowest BCUT2D eigenvalue weighted by Crippen LogP contribution is -1.98. The number of furan rings is 1. The third-order valence-electron chi connectivity index (χ3n) is 2.25. The van der Waals surface area contributed by atoms with Crippen molar-refractivity contribution in [1.29, 1.82) is 5.26 Å². The Bertz CT molecular complexity index is 600. The van der Waals surface area contributed by atoms with Gasteiger partial charge in [0.1, 0.15) is 5.76 Å². The molecule has 1 heterocycles. The monoisotopic (exact) mass is 388 g/mol. The van der Waals surface area contributed by atoms with Crippen LogP contribution in [0.1, 0.15) is 11.3 Å². The quantitative estimate of drug-likeness (QED) is 0.807. The minimum Gasteiger partial charge on any atom is -0.451 e. The van der Waals surface area contributed by atoms with Gasteiger partial charge in [0.25, 0.3) is 0 Å². The van der Waals surface area contributed by atoms with E-state index in [2.05, 4.69) is 37.2 Å². The molecule has 1 N–H and O–H groups in total. The van der Waals surface area contributed by atoms with E-state index in [-0.39, 0.29) is 0 Å². The van der Waals surface area contributed by atoms with E-state index < -0.39 is 0 Å². The Hall–Kier alpha value is -0.960. The summed E-state index contributed by atoms with van der Waals surface area (Å²) in [5.41, 5.74) is 1.30. The van der Waals surface area contributed by atoms with Gasteiger partial charge in [0.05, 0.1) is 33.4 Å². The van der Waals surface area contributed by atoms with E-state index in [0.29, 0.717) is 21.8 Å². The van der Waals surface area contributed by atoms with Crippen molar-refractivity contribution in [2.75, 3.05) is 5.32 Å². The smallest absolute Gasteiger partial charge is 0.183 e. The van der Waals surface area contributed by atoms with Gasteiger partial charge in [-0.3, -0.25) is 0 Å². The van der Waals surface area contributed by atoms with Crippen LogP contribution in [-0.2, 0) is 6.54 Å². The normalized spacial score (nSPS) is 10.1. The molecule has 6 heteroatoms. The summed E-state index contributed by atoms with van der Waals surface area (Å²) in [5.74, 6) is 0.772. The molecule has 0 saturated heterocycles. The molecule has 0 spiro atoms. The Kier molecular flexibility index (Phi) is 4.33. The molecule has 0 fully saturated rings.